The number of carbonyl (C=O) groups excluding carboxylic acids is 3. The van der Waals surface area contributed by atoms with Gasteiger partial charge in [0.15, 0.2) is 0 Å². The number of aromatic nitrogens is 1. The number of amides is 3. The van der Waals surface area contributed by atoms with Gasteiger partial charge in [0.25, 0.3) is 11.8 Å². The zero-order valence-corrected chi connectivity index (χ0v) is 20.6. The molecule has 7 nitrogen and oxygen atoms in total. The smallest absolute Gasteiger partial charge is 0.262 e. The first-order valence-electron chi connectivity index (χ1n) is 11.0. The number of nitrogens with one attached hydrogen (secondary N) is 1. The van der Waals surface area contributed by atoms with Crippen LogP contribution in [0.5, 0.6) is 5.75 Å². The summed E-state index contributed by atoms with van der Waals surface area (Å²) < 4.78 is 5.98. The Morgan fingerprint density at radius 2 is 1.64 bits per heavy atom. The number of fused-ring (bicyclic) bond motifs is 2. The first kappa shape index (κ1) is 23.8. The molecule has 9 heteroatoms. The zero-order valence-electron chi connectivity index (χ0n) is 19.0. The van der Waals surface area contributed by atoms with Gasteiger partial charge in [-0.2, -0.15) is 0 Å². The van der Waals surface area contributed by atoms with Crippen molar-refractivity contribution in [1.29, 1.82) is 0 Å². The highest BCUT2D eigenvalue weighted by atomic mass is 35.5. The van der Waals surface area contributed by atoms with E-state index >= 15 is 0 Å². The van der Waals surface area contributed by atoms with Gasteiger partial charge in [0.2, 0.25) is 5.91 Å². The van der Waals surface area contributed by atoms with Crippen LogP contribution in [0.3, 0.4) is 0 Å². The molecule has 0 atom stereocenters. The van der Waals surface area contributed by atoms with Gasteiger partial charge >= 0.3 is 0 Å². The maximum atomic E-state index is 12.7. The predicted octanol–water partition coefficient (Wildman–Crippen LogP) is 5.66. The number of anilines is 1. The van der Waals surface area contributed by atoms with Crippen LogP contribution < -0.4 is 10.1 Å². The molecule has 0 spiro atoms. The Labute approximate surface area is 216 Å². The minimum absolute atomic E-state index is 0.0423. The van der Waals surface area contributed by atoms with Crippen molar-refractivity contribution in [2.24, 2.45) is 0 Å². The van der Waals surface area contributed by atoms with Crippen LogP contribution in [0.2, 0.25) is 10.0 Å². The fourth-order valence-electron chi connectivity index (χ4n) is 4.03. The average Bonchev–Trinajstić information content (AvgIpc) is 3.11. The minimum atomic E-state index is -0.574. The minimum Gasteiger partial charge on any atom is -0.487 e. The fraction of sp³-hybridized carbons (Fsp3) is 0.111. The third-order valence-corrected chi connectivity index (χ3v) is 6.67. The van der Waals surface area contributed by atoms with Gasteiger partial charge in [-0.3, -0.25) is 19.3 Å². The highest BCUT2D eigenvalue weighted by Crippen LogP contribution is 2.33. The average molecular weight is 520 g/mol. The van der Waals surface area contributed by atoms with Crippen molar-refractivity contribution in [3.05, 3.63) is 99.2 Å². The van der Waals surface area contributed by atoms with Gasteiger partial charge < -0.3 is 10.1 Å². The van der Waals surface area contributed by atoms with Crippen molar-refractivity contribution in [3.8, 4) is 5.75 Å². The van der Waals surface area contributed by atoms with Gasteiger partial charge in [-0.05, 0) is 43.3 Å². The first-order valence-corrected chi connectivity index (χ1v) is 11.8. The number of imide groups is 1. The normalized spacial score (nSPS) is 12.7. The molecule has 5 rings (SSSR count). The van der Waals surface area contributed by atoms with Crippen LogP contribution in [0.15, 0.2) is 66.7 Å². The van der Waals surface area contributed by atoms with Gasteiger partial charge in [0, 0.05) is 16.0 Å². The number of aryl methyl sites for hydroxylation is 1. The summed E-state index contributed by atoms with van der Waals surface area (Å²) in [7, 11) is 0. The van der Waals surface area contributed by atoms with E-state index in [1.165, 1.54) is 0 Å². The van der Waals surface area contributed by atoms with E-state index in [1.54, 1.807) is 36.4 Å². The maximum absolute atomic E-state index is 12.7. The Hall–Kier alpha value is -3.94. The zero-order chi connectivity index (χ0) is 25.4. The number of hydrogen-bond acceptors (Lipinski definition) is 5. The van der Waals surface area contributed by atoms with Gasteiger partial charge in [-0.1, -0.05) is 53.5 Å². The molecule has 0 bridgehead atoms. The molecule has 0 unspecified atom stereocenters. The molecule has 3 amide bonds. The molecule has 1 N–H and O–H groups in total. The molecular weight excluding hydrogens is 501 g/mol. The number of carbonyl (C=O) groups is 3. The molecule has 0 saturated carbocycles. The van der Waals surface area contributed by atoms with E-state index in [-0.39, 0.29) is 28.4 Å². The molecule has 1 aromatic heterocycles. The molecule has 1 aliphatic heterocycles. The Kier molecular flexibility index (Phi) is 6.35. The number of para-hydroxylation sites is 1. The van der Waals surface area contributed by atoms with Crippen LogP contribution in [-0.2, 0) is 11.4 Å². The van der Waals surface area contributed by atoms with Crippen LogP contribution in [0, 0.1) is 6.92 Å². The van der Waals surface area contributed by atoms with E-state index in [9.17, 15) is 14.4 Å². The van der Waals surface area contributed by atoms with Crippen molar-refractivity contribution in [2.75, 3.05) is 11.9 Å². The number of nitrogens with zero attached hydrogens (tertiary/aromatic N) is 2. The molecule has 0 saturated heterocycles. The van der Waals surface area contributed by atoms with Crippen LogP contribution in [-0.4, -0.2) is 34.2 Å². The summed E-state index contributed by atoms with van der Waals surface area (Å²) in [5.41, 5.74) is 2.89. The van der Waals surface area contributed by atoms with E-state index in [1.807, 2.05) is 37.3 Å². The SMILES string of the molecule is Cc1nc2ccccc2cc1OCc1c(Cl)ccc(NC(=O)CN2C(=O)c3ccccc3C2=O)c1Cl. The second-order valence-corrected chi connectivity index (χ2v) is 9.02. The Bertz CT molecular complexity index is 1520. The molecule has 0 radical (unpaired) electrons. The van der Waals surface area contributed by atoms with E-state index in [0.717, 1.165) is 15.8 Å². The maximum Gasteiger partial charge on any atom is 0.262 e. The summed E-state index contributed by atoms with van der Waals surface area (Å²) in [6, 6.07) is 19.2. The molecule has 0 aliphatic carbocycles. The molecule has 36 heavy (non-hydrogen) atoms. The monoisotopic (exact) mass is 519 g/mol. The molecule has 3 aromatic carbocycles. The highest BCUT2D eigenvalue weighted by Gasteiger charge is 2.36. The molecule has 0 fully saturated rings. The van der Waals surface area contributed by atoms with Gasteiger partial charge in [0.1, 0.15) is 18.9 Å². The van der Waals surface area contributed by atoms with Crippen molar-refractivity contribution in [2.45, 2.75) is 13.5 Å². The number of pyridine rings is 1. The molecule has 180 valence electrons. The van der Waals surface area contributed by atoms with Gasteiger partial charge in [0.05, 0.1) is 33.0 Å². The first-order chi connectivity index (χ1) is 17.3. The Morgan fingerprint density at radius 1 is 0.972 bits per heavy atom. The van der Waals surface area contributed by atoms with E-state index in [0.29, 0.717) is 22.0 Å². The van der Waals surface area contributed by atoms with Crippen LogP contribution in [0.1, 0.15) is 32.0 Å². The van der Waals surface area contributed by atoms with Crippen molar-refractivity contribution >= 4 is 57.5 Å². The Morgan fingerprint density at radius 3 is 2.36 bits per heavy atom. The second-order valence-electron chi connectivity index (χ2n) is 8.23. The van der Waals surface area contributed by atoms with E-state index in [4.69, 9.17) is 27.9 Å². The Balaban J connectivity index is 1.31. The lowest BCUT2D eigenvalue weighted by Gasteiger charge is -2.16. The fourth-order valence-corrected chi connectivity index (χ4v) is 4.56. The summed E-state index contributed by atoms with van der Waals surface area (Å²) in [5, 5.41) is 4.16. The standard InChI is InChI=1S/C27H19Cl2N3O4/c1-15-23(12-16-6-2-5-9-21(16)30-15)36-14-19-20(28)10-11-22(25(19)29)31-24(33)13-32-26(34)17-7-3-4-8-18(17)27(32)35/h2-12H,13-14H2,1H3,(H,31,33). The quantitative estimate of drug-likeness (QED) is 0.332. The molecule has 4 aromatic rings. The molecular formula is C27H19Cl2N3O4. The number of hydrogen-bond donors (Lipinski definition) is 1. The van der Waals surface area contributed by atoms with E-state index < -0.39 is 24.3 Å². The van der Waals surface area contributed by atoms with Crippen molar-refractivity contribution in [3.63, 3.8) is 0 Å². The summed E-state index contributed by atoms with van der Waals surface area (Å²) in [6.07, 6.45) is 0. The summed E-state index contributed by atoms with van der Waals surface area (Å²) in [6.45, 7) is 1.45. The third-order valence-electron chi connectivity index (χ3n) is 5.88. The van der Waals surface area contributed by atoms with Crippen LogP contribution in [0.25, 0.3) is 10.9 Å². The molecule has 1 aliphatic rings. The summed E-state index contributed by atoms with van der Waals surface area (Å²) in [5.74, 6) is -1.01. The third kappa shape index (κ3) is 4.39. The van der Waals surface area contributed by atoms with Crippen LogP contribution >= 0.6 is 23.2 Å². The number of rotatable bonds is 6. The lowest BCUT2D eigenvalue weighted by molar-refractivity contribution is -0.116. The van der Waals surface area contributed by atoms with Gasteiger partial charge in [-0.15, -0.1) is 0 Å². The van der Waals surface area contributed by atoms with Crippen molar-refractivity contribution < 1.29 is 19.1 Å². The highest BCUT2D eigenvalue weighted by molar-refractivity contribution is 6.38. The van der Waals surface area contributed by atoms with Crippen LogP contribution in [0.4, 0.5) is 5.69 Å². The van der Waals surface area contributed by atoms with Gasteiger partial charge in [-0.25, -0.2) is 4.98 Å². The summed E-state index contributed by atoms with van der Waals surface area (Å²) in [4.78, 5) is 43.3. The number of benzene rings is 3. The predicted molar refractivity (Wildman–Crippen MR) is 138 cm³/mol. The lowest BCUT2D eigenvalue weighted by Crippen LogP contribution is -2.37. The molecule has 2 heterocycles. The largest absolute Gasteiger partial charge is 0.487 e. The lowest BCUT2D eigenvalue weighted by atomic mass is 10.1. The number of halogens is 2. The number of ether oxygens (including phenoxy) is 1. The van der Waals surface area contributed by atoms with Crippen molar-refractivity contribution in [1.82, 2.24) is 9.88 Å². The summed E-state index contributed by atoms with van der Waals surface area (Å²) >= 11 is 12.9. The second kappa shape index (κ2) is 9.60. The topological polar surface area (TPSA) is 88.6 Å². The van der Waals surface area contributed by atoms with E-state index in [2.05, 4.69) is 10.3 Å².